The van der Waals surface area contributed by atoms with E-state index in [0.717, 1.165) is 6.42 Å². The Bertz CT molecular complexity index is 183. The highest BCUT2D eigenvalue weighted by Crippen LogP contribution is 2.13. The second kappa shape index (κ2) is 5.79. The van der Waals surface area contributed by atoms with Crippen LogP contribution in [0.25, 0.3) is 0 Å². The lowest BCUT2D eigenvalue weighted by Gasteiger charge is -2.09. The summed E-state index contributed by atoms with van der Waals surface area (Å²) < 4.78 is 0. The van der Waals surface area contributed by atoms with Crippen molar-refractivity contribution in [3.63, 3.8) is 0 Å². The fourth-order valence-electron chi connectivity index (χ4n) is 1.26. The van der Waals surface area contributed by atoms with E-state index in [4.69, 9.17) is 5.11 Å². The van der Waals surface area contributed by atoms with Gasteiger partial charge in [-0.1, -0.05) is 32.9 Å². The molecule has 0 saturated heterocycles. The molecule has 0 bridgehead atoms. The number of carboxylic acids is 1. The smallest absolute Gasteiger partial charge is 0.310 e. The topological polar surface area (TPSA) is 37.3 Å². The Morgan fingerprint density at radius 1 is 1.23 bits per heavy atom. The number of allylic oxidation sites excluding steroid dienone is 1. The average molecular weight is 184 g/mol. The van der Waals surface area contributed by atoms with Gasteiger partial charge < -0.3 is 5.11 Å². The Morgan fingerprint density at radius 2 is 1.77 bits per heavy atom. The van der Waals surface area contributed by atoms with Gasteiger partial charge in [-0.05, 0) is 25.2 Å². The van der Waals surface area contributed by atoms with Gasteiger partial charge in [0.2, 0.25) is 0 Å². The molecule has 2 atom stereocenters. The summed E-state index contributed by atoms with van der Waals surface area (Å²) in [6.07, 6.45) is 4.89. The quantitative estimate of drug-likeness (QED) is 0.667. The van der Waals surface area contributed by atoms with Crippen molar-refractivity contribution in [1.82, 2.24) is 0 Å². The van der Waals surface area contributed by atoms with Crippen molar-refractivity contribution in [2.45, 2.75) is 34.1 Å². The molecule has 0 rings (SSSR count). The fraction of sp³-hybridized carbons (Fsp3) is 0.727. The Morgan fingerprint density at radius 3 is 2.15 bits per heavy atom. The minimum Gasteiger partial charge on any atom is -0.481 e. The largest absolute Gasteiger partial charge is 0.481 e. The van der Waals surface area contributed by atoms with Gasteiger partial charge in [0.25, 0.3) is 0 Å². The molecule has 0 radical (unpaired) electrons. The Labute approximate surface area is 80.7 Å². The Balaban J connectivity index is 3.89. The Kier molecular flexibility index (Phi) is 5.44. The molecule has 0 aromatic carbocycles. The summed E-state index contributed by atoms with van der Waals surface area (Å²) in [6, 6.07) is 0. The molecular weight excluding hydrogens is 164 g/mol. The first-order valence-corrected chi connectivity index (χ1v) is 4.84. The summed E-state index contributed by atoms with van der Waals surface area (Å²) in [7, 11) is 0. The highest BCUT2D eigenvalue weighted by Gasteiger charge is 2.07. The molecule has 0 spiro atoms. The lowest BCUT2D eigenvalue weighted by molar-refractivity contribution is -0.139. The van der Waals surface area contributed by atoms with Gasteiger partial charge in [0.15, 0.2) is 0 Å². The van der Waals surface area contributed by atoms with Crippen LogP contribution in [0.4, 0.5) is 0 Å². The van der Waals surface area contributed by atoms with E-state index in [-0.39, 0.29) is 5.92 Å². The SMILES string of the molecule is CC(C)CC(C)/C=C/C(C)C(=O)O. The second-order valence-corrected chi connectivity index (χ2v) is 4.12. The van der Waals surface area contributed by atoms with Crippen molar-refractivity contribution in [2.75, 3.05) is 0 Å². The van der Waals surface area contributed by atoms with E-state index < -0.39 is 5.97 Å². The second-order valence-electron chi connectivity index (χ2n) is 4.12. The summed E-state index contributed by atoms with van der Waals surface area (Å²) in [5.41, 5.74) is 0. The molecule has 0 aliphatic carbocycles. The van der Waals surface area contributed by atoms with Crippen LogP contribution in [0, 0.1) is 17.8 Å². The summed E-state index contributed by atoms with van der Waals surface area (Å²) >= 11 is 0. The molecular formula is C11H20O2. The van der Waals surface area contributed by atoms with Gasteiger partial charge in [-0.3, -0.25) is 4.79 Å². The van der Waals surface area contributed by atoms with Crippen LogP contribution in [0.2, 0.25) is 0 Å². The number of hydrogen-bond donors (Lipinski definition) is 1. The van der Waals surface area contributed by atoms with Crippen molar-refractivity contribution in [1.29, 1.82) is 0 Å². The minimum atomic E-state index is -0.756. The van der Waals surface area contributed by atoms with E-state index in [2.05, 4.69) is 20.8 Å². The predicted octanol–water partition coefficient (Wildman–Crippen LogP) is 2.95. The van der Waals surface area contributed by atoms with E-state index in [1.165, 1.54) is 0 Å². The molecule has 2 heteroatoms. The zero-order valence-electron chi connectivity index (χ0n) is 8.95. The molecule has 0 heterocycles. The highest BCUT2D eigenvalue weighted by molar-refractivity contribution is 5.71. The van der Waals surface area contributed by atoms with E-state index in [0.29, 0.717) is 11.8 Å². The molecule has 76 valence electrons. The lowest BCUT2D eigenvalue weighted by Crippen LogP contribution is -2.06. The lowest BCUT2D eigenvalue weighted by atomic mass is 9.97. The third kappa shape index (κ3) is 6.38. The molecule has 0 amide bonds. The van der Waals surface area contributed by atoms with E-state index >= 15 is 0 Å². The van der Waals surface area contributed by atoms with Gasteiger partial charge in [-0.25, -0.2) is 0 Å². The molecule has 2 unspecified atom stereocenters. The van der Waals surface area contributed by atoms with Crippen LogP contribution in [-0.4, -0.2) is 11.1 Å². The van der Waals surface area contributed by atoms with E-state index in [1.54, 1.807) is 13.0 Å². The monoisotopic (exact) mass is 184 g/mol. The van der Waals surface area contributed by atoms with Gasteiger partial charge in [-0.15, -0.1) is 0 Å². The molecule has 0 aliphatic heterocycles. The van der Waals surface area contributed by atoms with Crippen molar-refractivity contribution >= 4 is 5.97 Å². The van der Waals surface area contributed by atoms with Gasteiger partial charge in [0.1, 0.15) is 0 Å². The molecule has 0 aliphatic rings. The normalized spacial score (nSPS) is 16.4. The first-order valence-electron chi connectivity index (χ1n) is 4.84. The van der Waals surface area contributed by atoms with Crippen LogP contribution >= 0.6 is 0 Å². The fourth-order valence-corrected chi connectivity index (χ4v) is 1.26. The van der Waals surface area contributed by atoms with Crippen LogP contribution in [0.3, 0.4) is 0 Å². The van der Waals surface area contributed by atoms with Crippen molar-refractivity contribution in [3.05, 3.63) is 12.2 Å². The molecule has 2 nitrogen and oxygen atoms in total. The standard InChI is InChI=1S/C11H20O2/c1-8(2)7-9(3)5-6-10(4)11(12)13/h5-6,8-10H,7H2,1-4H3,(H,12,13)/b6-5+. The van der Waals surface area contributed by atoms with Crippen LogP contribution in [0.5, 0.6) is 0 Å². The van der Waals surface area contributed by atoms with Crippen LogP contribution in [0.1, 0.15) is 34.1 Å². The number of aliphatic carboxylic acids is 1. The van der Waals surface area contributed by atoms with Gasteiger partial charge >= 0.3 is 5.97 Å². The number of rotatable bonds is 5. The highest BCUT2D eigenvalue weighted by atomic mass is 16.4. The third-order valence-corrected chi connectivity index (χ3v) is 1.96. The molecule has 13 heavy (non-hydrogen) atoms. The first kappa shape index (κ1) is 12.2. The molecule has 0 aromatic rings. The zero-order chi connectivity index (χ0) is 10.4. The summed E-state index contributed by atoms with van der Waals surface area (Å²) in [6.45, 7) is 8.15. The third-order valence-electron chi connectivity index (χ3n) is 1.96. The van der Waals surface area contributed by atoms with E-state index in [1.807, 2.05) is 6.08 Å². The summed E-state index contributed by atoms with van der Waals surface area (Å²) in [5.74, 6) is 0.0178. The average Bonchev–Trinajstić information content (AvgIpc) is 1.98. The summed E-state index contributed by atoms with van der Waals surface area (Å²) in [4.78, 5) is 10.5. The van der Waals surface area contributed by atoms with Gasteiger partial charge in [-0.2, -0.15) is 0 Å². The van der Waals surface area contributed by atoms with Crippen LogP contribution in [-0.2, 0) is 4.79 Å². The van der Waals surface area contributed by atoms with E-state index in [9.17, 15) is 4.79 Å². The molecule has 0 fully saturated rings. The number of hydrogen-bond acceptors (Lipinski definition) is 1. The van der Waals surface area contributed by atoms with Gasteiger partial charge in [0.05, 0.1) is 5.92 Å². The molecule has 0 aromatic heterocycles. The van der Waals surface area contributed by atoms with Crippen molar-refractivity contribution in [2.24, 2.45) is 17.8 Å². The van der Waals surface area contributed by atoms with Crippen molar-refractivity contribution in [3.8, 4) is 0 Å². The maximum Gasteiger partial charge on any atom is 0.310 e. The van der Waals surface area contributed by atoms with Crippen LogP contribution in [0.15, 0.2) is 12.2 Å². The molecule has 1 N–H and O–H groups in total. The van der Waals surface area contributed by atoms with Crippen LogP contribution < -0.4 is 0 Å². The minimum absolute atomic E-state index is 0.366. The van der Waals surface area contributed by atoms with Crippen molar-refractivity contribution < 1.29 is 9.90 Å². The molecule has 0 saturated carbocycles. The predicted molar refractivity (Wildman–Crippen MR) is 54.6 cm³/mol. The number of carboxylic acid groups (broad SMARTS) is 1. The first-order chi connectivity index (χ1) is 5.93. The maximum absolute atomic E-state index is 10.5. The van der Waals surface area contributed by atoms with Gasteiger partial charge in [0, 0.05) is 0 Å². The number of carbonyl (C=O) groups is 1. The summed E-state index contributed by atoms with van der Waals surface area (Å²) in [5, 5.41) is 8.63. The zero-order valence-corrected chi connectivity index (χ0v) is 8.95. The Hall–Kier alpha value is -0.790. The maximum atomic E-state index is 10.5.